The van der Waals surface area contributed by atoms with E-state index >= 15 is 0 Å². The Balaban J connectivity index is 1.34. The van der Waals surface area contributed by atoms with Gasteiger partial charge in [-0.1, -0.05) is 78.9 Å². The van der Waals surface area contributed by atoms with Crippen molar-refractivity contribution < 1.29 is 23.9 Å². The van der Waals surface area contributed by atoms with E-state index in [1.807, 2.05) is 61.5 Å². The quantitative estimate of drug-likeness (QED) is 0.126. The lowest BCUT2D eigenvalue weighted by atomic mass is 9.98. The monoisotopic (exact) mass is 618 g/mol. The minimum Gasteiger partial charge on any atom is -0.496 e. The zero-order valence-corrected chi connectivity index (χ0v) is 26.8. The highest BCUT2D eigenvalue weighted by molar-refractivity contribution is 6.48. The maximum atomic E-state index is 14.1. The summed E-state index contributed by atoms with van der Waals surface area (Å²) in [5, 5.41) is 3.29. The van der Waals surface area contributed by atoms with Crippen molar-refractivity contribution in [1.82, 2.24) is 5.32 Å². The van der Waals surface area contributed by atoms with Crippen molar-refractivity contribution in [1.29, 1.82) is 0 Å². The first kappa shape index (κ1) is 32.5. The van der Waals surface area contributed by atoms with E-state index in [2.05, 4.69) is 29.6 Å². The minimum atomic E-state index is -0.839. The molecule has 4 aromatic rings. The second kappa shape index (κ2) is 15.4. The van der Waals surface area contributed by atoms with E-state index in [1.165, 1.54) is 30.2 Å². The summed E-state index contributed by atoms with van der Waals surface area (Å²) in [6, 6.07) is 30.3. The van der Waals surface area contributed by atoms with Crippen LogP contribution in [0.5, 0.6) is 11.5 Å². The van der Waals surface area contributed by atoms with Crippen molar-refractivity contribution in [2.75, 3.05) is 19.1 Å². The second-order valence-electron chi connectivity index (χ2n) is 11.8. The summed E-state index contributed by atoms with van der Waals surface area (Å²) in [6.45, 7) is 1.82. The van der Waals surface area contributed by atoms with Gasteiger partial charge in [-0.3, -0.25) is 19.3 Å². The fourth-order valence-electron chi connectivity index (χ4n) is 6.28. The molecule has 238 valence electrons. The molecule has 1 heterocycles. The van der Waals surface area contributed by atoms with Crippen LogP contribution in [0.15, 0.2) is 97.1 Å². The number of aryl methyl sites for hydroxylation is 2. The molecule has 0 spiro atoms. The van der Waals surface area contributed by atoms with Crippen molar-refractivity contribution in [3.05, 3.63) is 125 Å². The number of carbonyl (C=O) groups excluding carboxylic acids is 3. The molecule has 46 heavy (non-hydrogen) atoms. The van der Waals surface area contributed by atoms with Gasteiger partial charge in [0.05, 0.1) is 14.2 Å². The Morgan fingerprint density at radius 1 is 0.783 bits per heavy atom. The first-order chi connectivity index (χ1) is 22.4. The molecule has 1 atom stereocenters. The number of hydrogen-bond donors (Lipinski definition) is 1. The number of rotatable bonds is 14. The lowest BCUT2D eigenvalue weighted by Crippen LogP contribution is -2.52. The lowest BCUT2D eigenvalue weighted by Gasteiger charge is -2.27. The highest BCUT2D eigenvalue weighted by Gasteiger charge is 2.41. The van der Waals surface area contributed by atoms with Gasteiger partial charge in [0, 0.05) is 29.3 Å². The number of hydrogen-bond acceptors (Lipinski definition) is 5. The Hall–Kier alpha value is -4.91. The van der Waals surface area contributed by atoms with Gasteiger partial charge in [0.25, 0.3) is 11.7 Å². The molecule has 5 rings (SSSR count). The molecule has 1 N–H and O–H groups in total. The van der Waals surface area contributed by atoms with Gasteiger partial charge < -0.3 is 14.8 Å². The molecular formula is C39H42N2O5. The molecule has 0 bridgehead atoms. The molecule has 2 amide bonds. The number of nitrogens with zero attached hydrogens (tertiary/aromatic N) is 1. The number of fused-ring (bicyclic) bond motifs is 1. The van der Waals surface area contributed by atoms with Crippen molar-refractivity contribution in [2.45, 2.75) is 64.0 Å². The number of methoxy groups -OCH3 is 2. The zero-order chi connectivity index (χ0) is 32.5. The fraction of sp³-hybridized carbons (Fsp3) is 0.308. The highest BCUT2D eigenvalue weighted by Crippen LogP contribution is 2.34. The van der Waals surface area contributed by atoms with Crippen molar-refractivity contribution in [3.63, 3.8) is 0 Å². The summed E-state index contributed by atoms with van der Waals surface area (Å²) in [6.07, 6.45) is 5.64. The summed E-state index contributed by atoms with van der Waals surface area (Å²) in [7, 11) is 3.01. The van der Waals surface area contributed by atoms with Gasteiger partial charge in [0.2, 0.25) is 5.91 Å². The summed E-state index contributed by atoms with van der Waals surface area (Å²) >= 11 is 0. The number of anilines is 1. The van der Waals surface area contributed by atoms with Crippen molar-refractivity contribution in [2.24, 2.45) is 0 Å². The van der Waals surface area contributed by atoms with Crippen LogP contribution in [0.2, 0.25) is 0 Å². The zero-order valence-electron chi connectivity index (χ0n) is 26.8. The molecule has 0 aromatic heterocycles. The van der Waals surface area contributed by atoms with E-state index in [1.54, 1.807) is 18.2 Å². The van der Waals surface area contributed by atoms with Crippen LogP contribution in [-0.4, -0.2) is 43.9 Å². The van der Waals surface area contributed by atoms with Crippen LogP contribution < -0.4 is 19.7 Å². The molecule has 1 aliphatic rings. The summed E-state index contributed by atoms with van der Waals surface area (Å²) in [5.41, 5.74) is 4.84. The first-order valence-electron chi connectivity index (χ1n) is 16.0. The van der Waals surface area contributed by atoms with Gasteiger partial charge in [0.1, 0.15) is 17.5 Å². The van der Waals surface area contributed by atoms with Gasteiger partial charge in [-0.15, -0.1) is 0 Å². The van der Waals surface area contributed by atoms with E-state index in [0.717, 1.165) is 49.7 Å². The van der Waals surface area contributed by atoms with Gasteiger partial charge in [0.15, 0.2) is 0 Å². The third-order valence-corrected chi connectivity index (χ3v) is 8.77. The minimum absolute atomic E-state index is 0.0677. The molecule has 0 saturated heterocycles. The highest BCUT2D eigenvalue weighted by atomic mass is 16.5. The number of carbonyl (C=O) groups is 3. The molecular weight excluding hydrogens is 576 g/mol. The van der Waals surface area contributed by atoms with Crippen LogP contribution >= 0.6 is 0 Å². The summed E-state index contributed by atoms with van der Waals surface area (Å²) in [4.78, 5) is 43.1. The average molecular weight is 619 g/mol. The standard InChI is InChI=1S/C39H42N2O5/c1-27-35(45-2)25-31(26-36(27)46-3)37(42)39(44)41-33-23-11-10-20-30(33)24-34(41)38(43)40-32(21-12-18-28-14-6-4-7-15-28)22-13-19-29-16-8-5-9-17-29/h4-11,14-17,20,23,25-26,32,34H,12-13,18-19,21-22,24H2,1-3H3,(H,40,43). The predicted octanol–water partition coefficient (Wildman–Crippen LogP) is 6.68. The van der Waals surface area contributed by atoms with Crippen LogP contribution in [-0.2, 0) is 28.9 Å². The molecule has 0 fully saturated rings. The van der Waals surface area contributed by atoms with Crippen LogP contribution in [0.3, 0.4) is 0 Å². The molecule has 1 aliphatic heterocycles. The van der Waals surface area contributed by atoms with Crippen LogP contribution in [0, 0.1) is 6.92 Å². The number of amides is 2. The van der Waals surface area contributed by atoms with Gasteiger partial charge in [-0.05, 0) is 80.3 Å². The Labute approximate surface area is 271 Å². The number of Topliss-reactive ketones (excluding diaryl/α,β-unsaturated/α-hetero) is 1. The van der Waals surface area contributed by atoms with Gasteiger partial charge in [-0.2, -0.15) is 0 Å². The predicted molar refractivity (Wildman–Crippen MR) is 181 cm³/mol. The maximum absolute atomic E-state index is 14.1. The molecule has 7 nitrogen and oxygen atoms in total. The Morgan fingerprint density at radius 2 is 1.30 bits per heavy atom. The second-order valence-corrected chi connectivity index (χ2v) is 11.8. The molecule has 0 aliphatic carbocycles. The summed E-state index contributed by atoms with van der Waals surface area (Å²) < 4.78 is 10.9. The van der Waals surface area contributed by atoms with E-state index in [4.69, 9.17) is 9.47 Å². The molecule has 4 aromatic carbocycles. The Morgan fingerprint density at radius 3 is 1.85 bits per heavy atom. The van der Waals surface area contributed by atoms with Crippen LogP contribution in [0.4, 0.5) is 5.69 Å². The van der Waals surface area contributed by atoms with E-state index < -0.39 is 17.7 Å². The third kappa shape index (κ3) is 7.65. The third-order valence-electron chi connectivity index (χ3n) is 8.77. The summed E-state index contributed by atoms with van der Waals surface area (Å²) in [5.74, 6) is -0.849. The topological polar surface area (TPSA) is 84.9 Å². The Bertz CT molecular complexity index is 1580. The number of benzene rings is 4. The van der Waals surface area contributed by atoms with Crippen LogP contribution in [0.1, 0.15) is 58.3 Å². The van der Waals surface area contributed by atoms with E-state index in [9.17, 15) is 14.4 Å². The Kier molecular flexibility index (Phi) is 10.9. The average Bonchev–Trinajstić information content (AvgIpc) is 3.48. The number of ketones is 1. The number of ether oxygens (including phenoxy) is 2. The van der Waals surface area contributed by atoms with Crippen molar-refractivity contribution in [3.8, 4) is 11.5 Å². The van der Waals surface area contributed by atoms with Gasteiger partial charge in [-0.25, -0.2) is 0 Å². The largest absolute Gasteiger partial charge is 0.496 e. The fourth-order valence-corrected chi connectivity index (χ4v) is 6.28. The first-order valence-corrected chi connectivity index (χ1v) is 16.0. The van der Waals surface area contributed by atoms with E-state index in [-0.39, 0.29) is 17.5 Å². The molecule has 0 radical (unpaired) electrons. The van der Waals surface area contributed by atoms with E-state index in [0.29, 0.717) is 23.6 Å². The SMILES string of the molecule is COc1cc(C(=O)C(=O)N2c3ccccc3CC2C(=O)NC(CCCc2ccccc2)CCCc2ccccc2)cc(OC)c1C. The number of para-hydroxylation sites is 1. The smallest absolute Gasteiger partial charge is 0.300 e. The normalized spacial score (nSPS) is 13.7. The molecule has 0 saturated carbocycles. The number of nitrogens with one attached hydrogen (secondary N) is 1. The van der Waals surface area contributed by atoms with Gasteiger partial charge >= 0.3 is 0 Å². The van der Waals surface area contributed by atoms with Crippen LogP contribution in [0.25, 0.3) is 0 Å². The maximum Gasteiger partial charge on any atom is 0.300 e. The van der Waals surface area contributed by atoms with Crippen molar-refractivity contribution >= 4 is 23.3 Å². The lowest BCUT2D eigenvalue weighted by molar-refractivity contribution is -0.125. The molecule has 1 unspecified atom stereocenters. The molecule has 7 heteroatoms.